The molecule has 1 fully saturated rings. The molecule has 0 aromatic heterocycles. The minimum Gasteiger partial charge on any atom is -0.399 e. The molecule has 3 N–H and O–H groups in total. The van der Waals surface area contributed by atoms with Crippen LogP contribution < -0.4 is 10.6 Å². The van der Waals surface area contributed by atoms with Crippen LogP contribution in [0.2, 0.25) is 0 Å². The molecule has 0 spiro atoms. The number of amides is 1. The van der Waals surface area contributed by atoms with Crippen LogP contribution >= 0.6 is 0 Å². The van der Waals surface area contributed by atoms with E-state index >= 15 is 0 Å². The molecule has 6 nitrogen and oxygen atoms in total. The van der Waals surface area contributed by atoms with E-state index in [0.717, 1.165) is 5.69 Å². The lowest BCUT2D eigenvalue weighted by atomic mass is 10.2. The number of hydrogen-bond donors (Lipinski definition) is 2. The number of benzene rings is 1. The van der Waals surface area contributed by atoms with E-state index in [2.05, 4.69) is 0 Å². The quantitative estimate of drug-likeness (QED) is 0.781. The third-order valence-corrected chi connectivity index (χ3v) is 3.62. The zero-order chi connectivity index (χ0) is 15.4. The SMILES string of the molecule is CC1CN(CC(=O)N(C)c2ccc(N)cc2)CC(CO)O1. The number of anilines is 2. The van der Waals surface area contributed by atoms with E-state index in [4.69, 9.17) is 10.5 Å². The average molecular weight is 293 g/mol. The summed E-state index contributed by atoms with van der Waals surface area (Å²) in [6, 6.07) is 7.20. The van der Waals surface area contributed by atoms with Gasteiger partial charge in [-0.15, -0.1) is 0 Å². The largest absolute Gasteiger partial charge is 0.399 e. The van der Waals surface area contributed by atoms with Crippen molar-refractivity contribution in [2.45, 2.75) is 19.1 Å². The Kier molecular flexibility index (Phi) is 5.17. The van der Waals surface area contributed by atoms with Gasteiger partial charge in [-0.25, -0.2) is 0 Å². The maximum atomic E-state index is 12.3. The Balaban J connectivity index is 1.95. The Morgan fingerprint density at radius 1 is 1.43 bits per heavy atom. The molecule has 1 saturated heterocycles. The number of carbonyl (C=O) groups excluding carboxylic acids is 1. The summed E-state index contributed by atoms with van der Waals surface area (Å²) >= 11 is 0. The predicted molar refractivity (Wildman–Crippen MR) is 82.1 cm³/mol. The molecule has 0 bridgehead atoms. The van der Waals surface area contributed by atoms with Crippen molar-refractivity contribution in [2.75, 3.05) is 43.9 Å². The van der Waals surface area contributed by atoms with E-state index in [1.54, 1.807) is 24.1 Å². The molecule has 1 aliphatic rings. The first kappa shape index (κ1) is 15.8. The number of aliphatic hydroxyl groups is 1. The molecule has 1 heterocycles. The fraction of sp³-hybridized carbons (Fsp3) is 0.533. The van der Waals surface area contributed by atoms with Gasteiger partial charge in [-0.2, -0.15) is 0 Å². The molecule has 0 radical (unpaired) electrons. The summed E-state index contributed by atoms with van der Waals surface area (Å²) in [4.78, 5) is 16.0. The van der Waals surface area contributed by atoms with Crippen LogP contribution in [0.3, 0.4) is 0 Å². The van der Waals surface area contributed by atoms with Crippen LogP contribution in [-0.2, 0) is 9.53 Å². The van der Waals surface area contributed by atoms with Crippen molar-refractivity contribution in [1.82, 2.24) is 4.90 Å². The van der Waals surface area contributed by atoms with Crippen molar-refractivity contribution in [3.05, 3.63) is 24.3 Å². The fourth-order valence-corrected chi connectivity index (χ4v) is 2.51. The zero-order valence-electron chi connectivity index (χ0n) is 12.5. The Bertz CT molecular complexity index is 478. The Morgan fingerprint density at radius 3 is 2.71 bits per heavy atom. The van der Waals surface area contributed by atoms with Crippen molar-refractivity contribution in [1.29, 1.82) is 0 Å². The van der Waals surface area contributed by atoms with Crippen molar-refractivity contribution < 1.29 is 14.6 Å². The number of ether oxygens (including phenoxy) is 1. The molecule has 1 aromatic carbocycles. The van der Waals surface area contributed by atoms with Crippen molar-refractivity contribution in [3.8, 4) is 0 Å². The summed E-state index contributed by atoms with van der Waals surface area (Å²) in [5.74, 6) is 0.00515. The Labute approximate surface area is 125 Å². The number of morpholine rings is 1. The second-order valence-electron chi connectivity index (χ2n) is 5.49. The second-order valence-corrected chi connectivity index (χ2v) is 5.49. The molecular formula is C15H23N3O3. The molecule has 6 heteroatoms. The number of aliphatic hydroxyl groups excluding tert-OH is 1. The van der Waals surface area contributed by atoms with Crippen LogP contribution in [0.5, 0.6) is 0 Å². The van der Waals surface area contributed by atoms with Gasteiger partial charge in [-0.3, -0.25) is 9.69 Å². The van der Waals surface area contributed by atoms with Gasteiger partial charge in [0.1, 0.15) is 0 Å². The summed E-state index contributed by atoms with van der Waals surface area (Å²) in [5.41, 5.74) is 7.14. The van der Waals surface area contributed by atoms with Crippen LogP contribution in [0.4, 0.5) is 11.4 Å². The lowest BCUT2D eigenvalue weighted by molar-refractivity contribution is -0.126. The topological polar surface area (TPSA) is 79.0 Å². The molecule has 2 atom stereocenters. The number of nitrogens with two attached hydrogens (primary N) is 1. The van der Waals surface area contributed by atoms with Gasteiger partial charge < -0.3 is 20.5 Å². The highest BCUT2D eigenvalue weighted by atomic mass is 16.5. The first-order chi connectivity index (χ1) is 9.99. The third kappa shape index (κ3) is 4.17. The van der Waals surface area contributed by atoms with Crippen molar-refractivity contribution in [3.63, 3.8) is 0 Å². The van der Waals surface area contributed by atoms with Crippen LogP contribution in [0.15, 0.2) is 24.3 Å². The van der Waals surface area contributed by atoms with Gasteiger partial charge in [0.2, 0.25) is 5.91 Å². The first-order valence-corrected chi connectivity index (χ1v) is 7.10. The molecule has 21 heavy (non-hydrogen) atoms. The second kappa shape index (κ2) is 6.89. The van der Waals surface area contributed by atoms with Crippen LogP contribution in [-0.4, -0.2) is 61.4 Å². The van der Waals surface area contributed by atoms with E-state index in [0.29, 0.717) is 25.3 Å². The summed E-state index contributed by atoms with van der Waals surface area (Å²) in [6.07, 6.45) is -0.200. The van der Waals surface area contributed by atoms with Gasteiger partial charge in [-0.1, -0.05) is 0 Å². The van der Waals surface area contributed by atoms with Crippen molar-refractivity contribution in [2.24, 2.45) is 0 Å². The summed E-state index contributed by atoms with van der Waals surface area (Å²) in [5, 5.41) is 9.22. The van der Waals surface area contributed by atoms with Gasteiger partial charge in [0.05, 0.1) is 25.4 Å². The van der Waals surface area contributed by atoms with E-state index < -0.39 is 0 Å². The maximum absolute atomic E-state index is 12.3. The molecule has 116 valence electrons. The summed E-state index contributed by atoms with van der Waals surface area (Å²) in [7, 11) is 1.75. The Hall–Kier alpha value is -1.63. The monoisotopic (exact) mass is 293 g/mol. The molecule has 2 unspecified atom stereocenters. The molecule has 2 rings (SSSR count). The summed E-state index contributed by atoms with van der Waals surface area (Å²) in [6.45, 7) is 3.50. The highest BCUT2D eigenvalue weighted by Crippen LogP contribution is 2.16. The number of hydrogen-bond acceptors (Lipinski definition) is 5. The Morgan fingerprint density at radius 2 is 2.10 bits per heavy atom. The van der Waals surface area contributed by atoms with Gasteiger partial charge in [0.25, 0.3) is 0 Å². The number of carbonyl (C=O) groups is 1. The number of rotatable bonds is 4. The highest BCUT2D eigenvalue weighted by molar-refractivity contribution is 5.94. The van der Waals surface area contributed by atoms with Crippen LogP contribution in [0.1, 0.15) is 6.92 Å². The average Bonchev–Trinajstić information content (AvgIpc) is 2.46. The van der Waals surface area contributed by atoms with E-state index in [1.165, 1.54) is 0 Å². The first-order valence-electron chi connectivity index (χ1n) is 7.10. The van der Waals surface area contributed by atoms with Gasteiger partial charge in [0, 0.05) is 31.5 Å². The lowest BCUT2D eigenvalue weighted by Crippen LogP contribution is -2.51. The minimum absolute atomic E-state index is 0.00515. The minimum atomic E-state index is -0.219. The maximum Gasteiger partial charge on any atom is 0.240 e. The fourth-order valence-electron chi connectivity index (χ4n) is 2.51. The standard InChI is InChI=1S/C15H23N3O3/c1-11-7-18(8-14(10-19)21-11)9-15(20)17(2)13-5-3-12(16)4-6-13/h3-6,11,14,19H,7-10,16H2,1-2H3. The van der Waals surface area contributed by atoms with Gasteiger partial charge in [0.15, 0.2) is 0 Å². The van der Waals surface area contributed by atoms with Crippen LogP contribution in [0.25, 0.3) is 0 Å². The van der Waals surface area contributed by atoms with Crippen molar-refractivity contribution >= 4 is 17.3 Å². The highest BCUT2D eigenvalue weighted by Gasteiger charge is 2.26. The molecule has 1 aromatic rings. The molecule has 1 aliphatic heterocycles. The van der Waals surface area contributed by atoms with E-state index in [9.17, 15) is 9.90 Å². The van der Waals surface area contributed by atoms with Crippen LogP contribution in [0, 0.1) is 0 Å². The van der Waals surface area contributed by atoms with E-state index in [-0.39, 0.29) is 24.7 Å². The molecule has 0 saturated carbocycles. The summed E-state index contributed by atoms with van der Waals surface area (Å²) < 4.78 is 5.58. The normalized spacial score (nSPS) is 23.0. The third-order valence-electron chi connectivity index (χ3n) is 3.62. The molecular weight excluding hydrogens is 270 g/mol. The number of likely N-dealkylation sites (N-methyl/N-ethyl adjacent to an activating group) is 1. The smallest absolute Gasteiger partial charge is 0.240 e. The molecule has 1 amide bonds. The predicted octanol–water partition coefficient (Wildman–Crippen LogP) is 0.313. The zero-order valence-corrected chi connectivity index (χ0v) is 12.5. The molecule has 0 aliphatic carbocycles. The van der Waals surface area contributed by atoms with Gasteiger partial charge in [-0.05, 0) is 31.2 Å². The number of nitrogens with zero attached hydrogens (tertiary/aromatic N) is 2. The van der Waals surface area contributed by atoms with Gasteiger partial charge >= 0.3 is 0 Å². The number of nitrogen functional groups attached to an aromatic ring is 1. The lowest BCUT2D eigenvalue weighted by Gasteiger charge is -2.36. The van der Waals surface area contributed by atoms with E-state index in [1.807, 2.05) is 24.0 Å².